The smallest absolute Gasteiger partial charge is 0.343 e. The van der Waals surface area contributed by atoms with Crippen molar-refractivity contribution >= 4 is 5.97 Å². The van der Waals surface area contributed by atoms with Gasteiger partial charge in [-0.25, -0.2) is 4.79 Å². The minimum absolute atomic E-state index is 0.0306. The minimum atomic E-state index is -0.663. The summed E-state index contributed by atoms with van der Waals surface area (Å²) in [7, 11) is 1.23. The topological polar surface area (TPSA) is 77.6 Å². The van der Waals surface area contributed by atoms with Crippen molar-refractivity contribution in [1.82, 2.24) is 4.98 Å². The Morgan fingerprint density at radius 2 is 2.00 bits per heavy atom. The molecule has 0 amide bonds. The summed E-state index contributed by atoms with van der Waals surface area (Å²) >= 11 is 0. The molecule has 0 saturated carbocycles. The van der Waals surface area contributed by atoms with E-state index in [2.05, 4.69) is 9.72 Å². The van der Waals surface area contributed by atoms with E-state index in [1.807, 2.05) is 0 Å². The van der Waals surface area contributed by atoms with Gasteiger partial charge in [0.15, 0.2) is 11.5 Å². The molecule has 1 aliphatic rings. The van der Waals surface area contributed by atoms with Crippen LogP contribution < -0.4 is 15.0 Å². The van der Waals surface area contributed by atoms with E-state index in [1.165, 1.54) is 13.2 Å². The van der Waals surface area contributed by atoms with Gasteiger partial charge in [0, 0.05) is 11.3 Å². The normalized spacial score (nSPS) is 12.2. The van der Waals surface area contributed by atoms with E-state index in [0.29, 0.717) is 17.2 Å². The number of nitrogens with one attached hydrogen (secondary N) is 1. The van der Waals surface area contributed by atoms with Gasteiger partial charge in [0.05, 0.1) is 7.11 Å². The second-order valence-electron chi connectivity index (χ2n) is 4.17. The lowest BCUT2D eigenvalue weighted by Crippen LogP contribution is -2.18. The SMILES string of the molecule is COC(=O)c1ccc(-c2ccc3c(c2)OCO3)[nH]c1=O. The van der Waals surface area contributed by atoms with Crippen LogP contribution in [-0.2, 0) is 4.74 Å². The fourth-order valence-corrected chi connectivity index (χ4v) is 1.98. The highest BCUT2D eigenvalue weighted by atomic mass is 16.7. The summed E-state index contributed by atoms with van der Waals surface area (Å²) in [5.41, 5.74) is 0.827. The Morgan fingerprint density at radius 3 is 2.75 bits per heavy atom. The molecule has 0 fully saturated rings. The molecule has 1 aliphatic heterocycles. The van der Waals surface area contributed by atoms with Crippen molar-refractivity contribution in [2.24, 2.45) is 0 Å². The molecule has 0 unspecified atom stereocenters. The minimum Gasteiger partial charge on any atom is -0.465 e. The quantitative estimate of drug-likeness (QED) is 0.840. The van der Waals surface area contributed by atoms with Crippen molar-refractivity contribution in [3.8, 4) is 22.8 Å². The standard InChI is InChI=1S/C14H11NO5/c1-18-14(17)9-3-4-10(15-13(9)16)8-2-5-11-12(6-8)20-7-19-11/h2-6H,7H2,1H3,(H,15,16). The molecular weight excluding hydrogens is 262 g/mol. The highest BCUT2D eigenvalue weighted by Gasteiger charge is 2.15. The first-order valence-corrected chi connectivity index (χ1v) is 5.90. The number of benzene rings is 1. The van der Waals surface area contributed by atoms with Gasteiger partial charge >= 0.3 is 5.97 Å². The molecule has 0 aliphatic carbocycles. The van der Waals surface area contributed by atoms with Gasteiger partial charge in [-0.2, -0.15) is 0 Å². The second-order valence-corrected chi connectivity index (χ2v) is 4.17. The zero-order valence-corrected chi connectivity index (χ0v) is 10.6. The number of ether oxygens (including phenoxy) is 3. The van der Waals surface area contributed by atoms with Crippen molar-refractivity contribution in [3.05, 3.63) is 46.2 Å². The maximum atomic E-state index is 11.8. The lowest BCUT2D eigenvalue weighted by molar-refractivity contribution is 0.0598. The zero-order valence-electron chi connectivity index (χ0n) is 10.6. The van der Waals surface area contributed by atoms with Crippen molar-refractivity contribution in [2.75, 3.05) is 13.9 Å². The molecule has 6 nitrogen and oxygen atoms in total. The van der Waals surface area contributed by atoms with Crippen LogP contribution in [0.3, 0.4) is 0 Å². The Bertz CT molecular complexity index is 735. The Kier molecular flexibility index (Phi) is 2.90. The Morgan fingerprint density at radius 1 is 1.20 bits per heavy atom. The van der Waals surface area contributed by atoms with Crippen molar-refractivity contribution in [3.63, 3.8) is 0 Å². The van der Waals surface area contributed by atoms with Crippen molar-refractivity contribution < 1.29 is 19.0 Å². The van der Waals surface area contributed by atoms with E-state index < -0.39 is 11.5 Å². The van der Waals surface area contributed by atoms with Gasteiger partial charge in [-0.1, -0.05) is 0 Å². The second kappa shape index (κ2) is 4.73. The molecule has 6 heteroatoms. The van der Waals surface area contributed by atoms with Crippen LogP contribution in [0.25, 0.3) is 11.3 Å². The molecule has 0 spiro atoms. The molecule has 2 heterocycles. The summed E-state index contributed by atoms with van der Waals surface area (Å²) in [6.45, 7) is 0.191. The van der Waals surface area contributed by atoms with Crippen LogP contribution in [0.15, 0.2) is 35.1 Å². The molecule has 0 atom stereocenters. The first-order valence-electron chi connectivity index (χ1n) is 5.90. The summed E-state index contributed by atoms with van der Waals surface area (Å²) in [4.78, 5) is 25.8. The average Bonchev–Trinajstić information content (AvgIpc) is 2.93. The number of esters is 1. The number of hydrogen-bond acceptors (Lipinski definition) is 5. The zero-order chi connectivity index (χ0) is 14.1. The van der Waals surface area contributed by atoms with Crippen LogP contribution >= 0.6 is 0 Å². The number of carbonyl (C=O) groups is 1. The molecule has 3 rings (SSSR count). The molecule has 102 valence electrons. The predicted octanol–water partition coefficient (Wildman–Crippen LogP) is 1.56. The number of aromatic nitrogens is 1. The van der Waals surface area contributed by atoms with Gasteiger partial charge in [0.2, 0.25) is 6.79 Å². The van der Waals surface area contributed by atoms with E-state index >= 15 is 0 Å². The van der Waals surface area contributed by atoms with E-state index in [1.54, 1.807) is 24.3 Å². The number of hydrogen-bond donors (Lipinski definition) is 1. The van der Waals surface area contributed by atoms with E-state index in [4.69, 9.17) is 9.47 Å². The number of carbonyl (C=O) groups excluding carboxylic acids is 1. The Labute approximate surface area is 113 Å². The van der Waals surface area contributed by atoms with Crippen molar-refractivity contribution in [1.29, 1.82) is 0 Å². The average molecular weight is 273 g/mol. The monoisotopic (exact) mass is 273 g/mol. The summed E-state index contributed by atoms with van der Waals surface area (Å²) in [6.07, 6.45) is 0. The summed E-state index contributed by atoms with van der Waals surface area (Å²) in [6, 6.07) is 8.42. The van der Waals surface area contributed by atoms with Crippen molar-refractivity contribution in [2.45, 2.75) is 0 Å². The summed E-state index contributed by atoms with van der Waals surface area (Å²) in [5.74, 6) is 0.631. The molecule has 0 saturated heterocycles. The molecule has 0 radical (unpaired) electrons. The van der Waals surface area contributed by atoms with Crippen LogP contribution in [0.2, 0.25) is 0 Å². The lowest BCUT2D eigenvalue weighted by Gasteiger charge is -2.04. The number of fused-ring (bicyclic) bond motifs is 1. The Hall–Kier alpha value is -2.76. The molecule has 2 aromatic rings. The van der Waals surface area contributed by atoms with E-state index in [9.17, 15) is 9.59 Å². The lowest BCUT2D eigenvalue weighted by atomic mass is 10.1. The number of H-pyrrole nitrogens is 1. The van der Waals surface area contributed by atoms with Gasteiger partial charge in [0.1, 0.15) is 5.56 Å². The largest absolute Gasteiger partial charge is 0.465 e. The van der Waals surface area contributed by atoms with Crippen LogP contribution in [0, 0.1) is 0 Å². The maximum absolute atomic E-state index is 11.8. The number of methoxy groups -OCH3 is 1. The molecular formula is C14H11NO5. The highest BCUT2D eigenvalue weighted by molar-refractivity contribution is 5.89. The predicted molar refractivity (Wildman–Crippen MR) is 70.0 cm³/mol. The number of pyridine rings is 1. The van der Waals surface area contributed by atoms with Gasteiger partial charge in [-0.15, -0.1) is 0 Å². The third kappa shape index (κ3) is 2.01. The third-order valence-corrected chi connectivity index (χ3v) is 3.00. The first-order chi connectivity index (χ1) is 9.69. The molecule has 20 heavy (non-hydrogen) atoms. The summed E-state index contributed by atoms with van der Waals surface area (Å²) in [5, 5.41) is 0. The van der Waals surface area contributed by atoms with Crippen LogP contribution in [-0.4, -0.2) is 24.9 Å². The van der Waals surface area contributed by atoms with Crippen LogP contribution in [0.1, 0.15) is 10.4 Å². The van der Waals surface area contributed by atoms with Crippen LogP contribution in [0.5, 0.6) is 11.5 Å². The van der Waals surface area contributed by atoms with Gasteiger partial charge in [0.25, 0.3) is 5.56 Å². The molecule has 1 aromatic heterocycles. The number of rotatable bonds is 2. The fraction of sp³-hybridized carbons (Fsp3) is 0.143. The van der Waals surface area contributed by atoms with E-state index in [0.717, 1.165) is 5.56 Å². The maximum Gasteiger partial charge on any atom is 0.343 e. The summed E-state index contributed by atoms with van der Waals surface area (Å²) < 4.78 is 15.0. The molecule has 1 aromatic carbocycles. The van der Waals surface area contributed by atoms with Gasteiger partial charge in [-0.3, -0.25) is 4.79 Å². The molecule has 0 bridgehead atoms. The van der Waals surface area contributed by atoms with Gasteiger partial charge in [-0.05, 0) is 30.3 Å². The number of aromatic amines is 1. The van der Waals surface area contributed by atoms with Gasteiger partial charge < -0.3 is 19.2 Å². The highest BCUT2D eigenvalue weighted by Crippen LogP contribution is 2.35. The van der Waals surface area contributed by atoms with E-state index in [-0.39, 0.29) is 12.4 Å². The fourth-order valence-electron chi connectivity index (χ4n) is 1.98. The van der Waals surface area contributed by atoms with Crippen LogP contribution in [0.4, 0.5) is 0 Å². The first kappa shape index (κ1) is 12.3. The Balaban J connectivity index is 2.01. The molecule has 1 N–H and O–H groups in total. The third-order valence-electron chi connectivity index (χ3n) is 3.00.